The third kappa shape index (κ3) is 5.23. The summed E-state index contributed by atoms with van der Waals surface area (Å²) in [5, 5.41) is 7.13. The minimum atomic E-state index is -0.792. The zero-order chi connectivity index (χ0) is 41.5. The van der Waals surface area contributed by atoms with Crippen LogP contribution in [-0.2, 0) is 5.41 Å². The summed E-state index contributed by atoms with van der Waals surface area (Å²) in [6, 6.07) is 73.2. The number of hydrogen-bond acceptors (Lipinski definition) is 2. The molecule has 1 aromatic heterocycles. The van der Waals surface area contributed by atoms with Gasteiger partial charge in [-0.3, -0.25) is 0 Å². The number of hydrogen-bond donors (Lipinski definition) is 0. The maximum absolute atomic E-state index is 10.6. The normalized spacial score (nSPS) is 17.9. The molecule has 0 fully saturated rings. The van der Waals surface area contributed by atoms with Crippen LogP contribution in [0.15, 0.2) is 230 Å². The lowest BCUT2D eigenvalue weighted by molar-refractivity contribution is 0.454. The number of thiophene rings is 1. The van der Waals surface area contributed by atoms with Crippen LogP contribution >= 0.6 is 11.3 Å². The van der Waals surface area contributed by atoms with Crippen LogP contribution in [0.1, 0.15) is 32.3 Å². The van der Waals surface area contributed by atoms with Crippen LogP contribution in [-0.4, -0.2) is 0 Å². The number of rotatable bonds is 6. The zero-order valence-corrected chi connectivity index (χ0v) is 33.0. The van der Waals surface area contributed by atoms with Crippen LogP contribution in [0.25, 0.3) is 52.8 Å². The molecule has 0 spiro atoms. The lowest BCUT2D eigenvalue weighted by Crippen LogP contribution is -2.36. The largest absolute Gasteiger partial charge is 0.311 e. The molecule has 59 heavy (non-hydrogen) atoms. The van der Waals surface area contributed by atoms with E-state index >= 15 is 0 Å². The molecule has 2 atom stereocenters. The Kier molecular flexibility index (Phi) is 7.13. The molecule has 2 heteroatoms. The minimum Gasteiger partial charge on any atom is -0.311 e. The van der Waals surface area contributed by atoms with Crippen molar-refractivity contribution in [3.05, 3.63) is 252 Å². The van der Waals surface area contributed by atoms with Gasteiger partial charge >= 0.3 is 0 Å². The number of fused-ring (bicyclic) bond motifs is 9. The van der Waals surface area contributed by atoms with Crippen LogP contribution in [0.4, 0.5) is 11.4 Å². The maximum Gasteiger partial charge on any atom is 0.0642 e. The summed E-state index contributed by atoms with van der Waals surface area (Å²) in [5.41, 5.74) is 7.78. The van der Waals surface area contributed by atoms with E-state index < -0.39 is 17.3 Å². The van der Waals surface area contributed by atoms with E-state index in [1.165, 1.54) is 36.3 Å². The smallest absolute Gasteiger partial charge is 0.0642 e. The summed E-state index contributed by atoms with van der Waals surface area (Å²) < 4.78 is 33.1. The van der Waals surface area contributed by atoms with Gasteiger partial charge in [-0.15, -0.1) is 11.3 Å². The van der Waals surface area contributed by atoms with Crippen molar-refractivity contribution in [3.8, 4) is 11.1 Å². The van der Waals surface area contributed by atoms with Gasteiger partial charge < -0.3 is 4.90 Å². The molecule has 12 rings (SSSR count). The summed E-state index contributed by atoms with van der Waals surface area (Å²) in [6.07, 6.45) is 0. The van der Waals surface area contributed by atoms with Crippen molar-refractivity contribution in [1.82, 2.24) is 0 Å². The van der Waals surface area contributed by atoms with Gasteiger partial charge in [0, 0.05) is 49.1 Å². The number of anilines is 2. The summed E-state index contributed by atoms with van der Waals surface area (Å²) in [4.78, 5) is 2.09. The molecule has 278 valence electrons. The molecule has 2 unspecified atom stereocenters. The van der Waals surface area contributed by atoms with Crippen LogP contribution in [0, 0.1) is 5.92 Å². The van der Waals surface area contributed by atoms with Gasteiger partial charge in [-0.2, -0.15) is 0 Å². The zero-order valence-electron chi connectivity index (χ0n) is 35.1. The van der Waals surface area contributed by atoms with Gasteiger partial charge in [0.15, 0.2) is 0 Å². The van der Waals surface area contributed by atoms with E-state index in [1.807, 2.05) is 18.2 Å². The molecule has 0 aliphatic heterocycles. The predicted octanol–water partition coefficient (Wildman–Crippen LogP) is 15.4. The molecule has 9 aromatic carbocycles. The Hall–Kier alpha value is -7.00. The van der Waals surface area contributed by atoms with E-state index in [0.717, 1.165) is 50.1 Å². The SMILES string of the molecule is [2H]C1=C([2H])C2c3ccccc3C(c3ccccc3)(c3ccccc3)C2C([2H])=C1N(c1ccc(-c2cc3ccccc3c3ccccc23)cc1)c1ccc2sc3ccccc3c2c1. The molecule has 0 bridgehead atoms. The fourth-order valence-corrected chi connectivity index (χ4v) is 11.2. The molecular formula is C57H39NS. The van der Waals surface area contributed by atoms with E-state index in [-0.39, 0.29) is 12.1 Å². The average Bonchev–Trinajstić information content (AvgIpc) is 3.87. The van der Waals surface area contributed by atoms with E-state index in [2.05, 4.69) is 193 Å². The number of nitrogens with zero attached hydrogens (tertiary/aromatic N) is 1. The van der Waals surface area contributed by atoms with E-state index in [4.69, 9.17) is 0 Å². The van der Waals surface area contributed by atoms with Crippen molar-refractivity contribution in [2.24, 2.45) is 5.92 Å². The molecule has 0 amide bonds. The molecule has 2 aliphatic rings. The quantitative estimate of drug-likeness (QED) is 0.152. The second kappa shape index (κ2) is 13.6. The summed E-state index contributed by atoms with van der Waals surface area (Å²) >= 11 is 1.77. The first-order valence-corrected chi connectivity index (χ1v) is 21.2. The van der Waals surface area contributed by atoms with Gasteiger partial charge in [-0.1, -0.05) is 176 Å². The van der Waals surface area contributed by atoms with Crippen molar-refractivity contribution in [2.75, 3.05) is 4.90 Å². The second-order valence-electron chi connectivity index (χ2n) is 15.7. The Morgan fingerprint density at radius 1 is 0.492 bits per heavy atom. The van der Waals surface area contributed by atoms with Gasteiger partial charge in [0.25, 0.3) is 0 Å². The van der Waals surface area contributed by atoms with Crippen molar-refractivity contribution in [3.63, 3.8) is 0 Å². The standard InChI is InChI=1S/C57H39NS/c1-3-16-40(17-4-1)57(41-18-5-2-6-19-41)53-25-13-11-23-48(53)49-33-31-44(37-54(49)57)58(43-32-34-56-52(36-43)50-24-12-14-26-55(50)59-56)42-29-27-38(28-30-42)51-35-39-15-7-8-20-45(39)46-21-9-10-22-47(46)51/h1-37,49,54H/i31D,33D,37D. The summed E-state index contributed by atoms with van der Waals surface area (Å²) in [6.45, 7) is 0. The first kappa shape index (κ1) is 31.0. The van der Waals surface area contributed by atoms with Gasteiger partial charge in [0.2, 0.25) is 0 Å². The number of benzene rings is 9. The Morgan fingerprint density at radius 2 is 1.10 bits per heavy atom. The lowest BCUT2D eigenvalue weighted by Gasteiger charge is -2.40. The highest BCUT2D eigenvalue weighted by atomic mass is 32.1. The molecule has 0 N–H and O–H groups in total. The van der Waals surface area contributed by atoms with Gasteiger partial charge in [0.1, 0.15) is 0 Å². The first-order chi connectivity index (χ1) is 30.5. The van der Waals surface area contributed by atoms with Gasteiger partial charge in [-0.05, 0) is 103 Å². The Morgan fingerprint density at radius 3 is 1.88 bits per heavy atom. The van der Waals surface area contributed by atoms with Crippen LogP contribution in [0.3, 0.4) is 0 Å². The molecule has 2 aliphatic carbocycles. The number of allylic oxidation sites excluding steroid dienone is 3. The average molecular weight is 773 g/mol. The highest BCUT2D eigenvalue weighted by Gasteiger charge is 2.53. The Balaban J connectivity index is 1.11. The molecule has 0 saturated heterocycles. The highest BCUT2D eigenvalue weighted by Crippen LogP contribution is 2.60. The van der Waals surface area contributed by atoms with Gasteiger partial charge in [-0.25, -0.2) is 0 Å². The van der Waals surface area contributed by atoms with Crippen molar-refractivity contribution < 1.29 is 4.11 Å². The monoisotopic (exact) mass is 772 g/mol. The third-order valence-corrected chi connectivity index (χ3v) is 13.8. The Labute approximate surface area is 352 Å². The molecule has 0 radical (unpaired) electrons. The van der Waals surface area contributed by atoms with Crippen molar-refractivity contribution >= 4 is 64.4 Å². The fraction of sp³-hybridized carbons (Fsp3) is 0.0526. The summed E-state index contributed by atoms with van der Waals surface area (Å²) in [7, 11) is 0. The van der Waals surface area contributed by atoms with Gasteiger partial charge in [0.05, 0.1) is 9.53 Å². The molecule has 1 heterocycles. The summed E-state index contributed by atoms with van der Waals surface area (Å²) in [5.74, 6) is -0.984. The van der Waals surface area contributed by atoms with Crippen LogP contribution in [0.2, 0.25) is 0 Å². The fourth-order valence-electron chi connectivity index (χ4n) is 10.1. The molecular weight excluding hydrogens is 731 g/mol. The first-order valence-electron chi connectivity index (χ1n) is 21.8. The molecule has 0 saturated carbocycles. The van der Waals surface area contributed by atoms with E-state index in [0.29, 0.717) is 11.7 Å². The lowest BCUT2D eigenvalue weighted by atomic mass is 9.63. The molecule has 1 nitrogen and oxygen atoms in total. The predicted molar refractivity (Wildman–Crippen MR) is 251 cm³/mol. The molecule has 10 aromatic rings. The van der Waals surface area contributed by atoms with Crippen LogP contribution in [0.5, 0.6) is 0 Å². The van der Waals surface area contributed by atoms with E-state index in [9.17, 15) is 4.11 Å². The van der Waals surface area contributed by atoms with Crippen molar-refractivity contribution in [2.45, 2.75) is 11.3 Å². The third-order valence-electron chi connectivity index (χ3n) is 12.7. The second-order valence-corrected chi connectivity index (χ2v) is 16.8. The maximum atomic E-state index is 10.6. The highest BCUT2D eigenvalue weighted by molar-refractivity contribution is 7.25. The van der Waals surface area contributed by atoms with Crippen LogP contribution < -0.4 is 4.90 Å². The van der Waals surface area contributed by atoms with E-state index in [1.54, 1.807) is 11.3 Å². The topological polar surface area (TPSA) is 3.24 Å². The van der Waals surface area contributed by atoms with Crippen molar-refractivity contribution in [1.29, 1.82) is 0 Å². The minimum absolute atomic E-state index is 0.0721. The Bertz CT molecular complexity index is 3420.